The van der Waals surface area contributed by atoms with E-state index >= 15 is 0 Å². The highest BCUT2D eigenvalue weighted by Gasteiger charge is 2.16. The van der Waals surface area contributed by atoms with Crippen LogP contribution in [0.4, 0.5) is 5.69 Å². The largest absolute Gasteiger partial charge is 0.432 e. The molecule has 92 valence electrons. The van der Waals surface area contributed by atoms with Gasteiger partial charge in [-0.2, -0.15) is 0 Å². The predicted molar refractivity (Wildman–Crippen MR) is 65.2 cm³/mol. The van der Waals surface area contributed by atoms with Crippen LogP contribution in [0.15, 0.2) is 30.6 Å². The SMILES string of the molecule is O=[N+]([O-])c1cc(Cl)ccc1Oc1cc(Cl)ncn1. The highest BCUT2D eigenvalue weighted by molar-refractivity contribution is 6.30. The number of halogens is 2. The molecule has 0 radical (unpaired) electrons. The van der Waals surface area contributed by atoms with Crippen molar-refractivity contribution >= 4 is 28.9 Å². The van der Waals surface area contributed by atoms with Gasteiger partial charge in [0.15, 0.2) is 0 Å². The van der Waals surface area contributed by atoms with Crippen molar-refractivity contribution in [3.63, 3.8) is 0 Å². The number of ether oxygens (including phenoxy) is 1. The molecule has 0 atom stereocenters. The van der Waals surface area contributed by atoms with E-state index in [4.69, 9.17) is 27.9 Å². The topological polar surface area (TPSA) is 78.2 Å². The van der Waals surface area contributed by atoms with E-state index in [2.05, 4.69) is 9.97 Å². The van der Waals surface area contributed by atoms with Crippen molar-refractivity contribution in [3.05, 3.63) is 50.9 Å². The third-order valence-electron chi connectivity index (χ3n) is 1.94. The number of nitro benzene ring substituents is 1. The highest BCUT2D eigenvalue weighted by Crippen LogP contribution is 2.33. The summed E-state index contributed by atoms with van der Waals surface area (Å²) in [7, 11) is 0. The molecule has 0 aliphatic heterocycles. The molecule has 2 aromatic rings. The van der Waals surface area contributed by atoms with E-state index < -0.39 is 4.92 Å². The fourth-order valence-electron chi connectivity index (χ4n) is 1.21. The minimum atomic E-state index is -0.593. The van der Waals surface area contributed by atoms with Gasteiger partial charge in [0.05, 0.1) is 4.92 Å². The Bertz CT molecular complexity index is 607. The molecule has 0 bridgehead atoms. The Kier molecular flexibility index (Phi) is 3.59. The van der Waals surface area contributed by atoms with E-state index in [1.807, 2.05) is 0 Å². The van der Waals surface area contributed by atoms with E-state index in [0.717, 1.165) is 0 Å². The molecular formula is C10H5Cl2N3O3. The van der Waals surface area contributed by atoms with E-state index in [9.17, 15) is 10.1 Å². The van der Waals surface area contributed by atoms with Crippen LogP contribution in [0, 0.1) is 10.1 Å². The maximum Gasteiger partial charge on any atom is 0.313 e. The monoisotopic (exact) mass is 285 g/mol. The lowest BCUT2D eigenvalue weighted by Crippen LogP contribution is -1.95. The van der Waals surface area contributed by atoms with E-state index in [0.29, 0.717) is 0 Å². The van der Waals surface area contributed by atoms with Crippen molar-refractivity contribution in [1.82, 2.24) is 9.97 Å². The molecule has 1 aromatic carbocycles. The second kappa shape index (κ2) is 5.16. The van der Waals surface area contributed by atoms with Gasteiger partial charge in [-0.1, -0.05) is 23.2 Å². The molecule has 0 saturated carbocycles. The van der Waals surface area contributed by atoms with Gasteiger partial charge in [-0.15, -0.1) is 0 Å². The fourth-order valence-corrected chi connectivity index (χ4v) is 1.51. The molecule has 1 heterocycles. The Morgan fingerprint density at radius 1 is 1.22 bits per heavy atom. The number of benzene rings is 1. The van der Waals surface area contributed by atoms with Gasteiger partial charge in [0.2, 0.25) is 11.6 Å². The Morgan fingerprint density at radius 3 is 2.67 bits per heavy atom. The standard InChI is InChI=1S/C10H5Cl2N3O3/c11-6-1-2-8(7(3-6)15(16)17)18-10-4-9(12)13-5-14-10/h1-5H. The zero-order chi connectivity index (χ0) is 13.1. The van der Waals surface area contributed by atoms with Crippen molar-refractivity contribution in [1.29, 1.82) is 0 Å². The summed E-state index contributed by atoms with van der Waals surface area (Å²) >= 11 is 11.3. The van der Waals surface area contributed by atoms with Crippen molar-refractivity contribution in [3.8, 4) is 11.6 Å². The quantitative estimate of drug-likeness (QED) is 0.490. The van der Waals surface area contributed by atoms with Crippen LogP contribution in [-0.2, 0) is 0 Å². The summed E-state index contributed by atoms with van der Waals surface area (Å²) in [4.78, 5) is 17.7. The van der Waals surface area contributed by atoms with Crippen molar-refractivity contribution in [2.45, 2.75) is 0 Å². The predicted octanol–water partition coefficient (Wildman–Crippen LogP) is 3.48. The smallest absolute Gasteiger partial charge is 0.313 e. The van der Waals surface area contributed by atoms with Gasteiger partial charge >= 0.3 is 5.69 Å². The average molecular weight is 286 g/mol. The second-order valence-electron chi connectivity index (χ2n) is 3.15. The molecule has 8 heteroatoms. The summed E-state index contributed by atoms with van der Waals surface area (Å²) in [6, 6.07) is 5.41. The highest BCUT2D eigenvalue weighted by atomic mass is 35.5. The first kappa shape index (κ1) is 12.5. The summed E-state index contributed by atoms with van der Waals surface area (Å²) < 4.78 is 5.27. The molecular weight excluding hydrogens is 281 g/mol. The second-order valence-corrected chi connectivity index (χ2v) is 3.97. The molecule has 0 fully saturated rings. The van der Waals surface area contributed by atoms with Gasteiger partial charge < -0.3 is 4.74 Å². The van der Waals surface area contributed by atoms with Crippen molar-refractivity contribution < 1.29 is 9.66 Å². The molecule has 6 nitrogen and oxygen atoms in total. The van der Waals surface area contributed by atoms with Crippen LogP contribution in [0.25, 0.3) is 0 Å². The van der Waals surface area contributed by atoms with Crippen LogP contribution in [-0.4, -0.2) is 14.9 Å². The number of nitrogens with zero attached hydrogens (tertiary/aromatic N) is 3. The Morgan fingerprint density at radius 2 is 2.00 bits per heavy atom. The van der Waals surface area contributed by atoms with Gasteiger partial charge in [0.25, 0.3) is 0 Å². The average Bonchev–Trinajstić information content (AvgIpc) is 2.31. The van der Waals surface area contributed by atoms with Crippen LogP contribution in [0.3, 0.4) is 0 Å². The van der Waals surface area contributed by atoms with Crippen molar-refractivity contribution in [2.24, 2.45) is 0 Å². The van der Waals surface area contributed by atoms with E-state index in [1.165, 1.54) is 30.6 Å². The minimum Gasteiger partial charge on any atom is -0.432 e. The minimum absolute atomic E-state index is 0.0270. The van der Waals surface area contributed by atoms with Crippen LogP contribution in [0.2, 0.25) is 10.2 Å². The van der Waals surface area contributed by atoms with Crippen LogP contribution < -0.4 is 4.74 Å². The Hall–Kier alpha value is -1.92. The van der Waals surface area contributed by atoms with Crippen LogP contribution in [0.5, 0.6) is 11.6 Å². The molecule has 18 heavy (non-hydrogen) atoms. The van der Waals surface area contributed by atoms with Crippen LogP contribution >= 0.6 is 23.2 Å². The molecule has 0 aliphatic carbocycles. The maximum absolute atomic E-state index is 10.8. The van der Waals surface area contributed by atoms with Gasteiger partial charge in [-0.25, -0.2) is 9.97 Å². The first-order chi connectivity index (χ1) is 8.56. The van der Waals surface area contributed by atoms with E-state index in [1.54, 1.807) is 0 Å². The van der Waals surface area contributed by atoms with Crippen molar-refractivity contribution in [2.75, 3.05) is 0 Å². The Balaban J connectivity index is 2.37. The third-order valence-corrected chi connectivity index (χ3v) is 2.38. The molecule has 0 aliphatic rings. The van der Waals surface area contributed by atoms with E-state index in [-0.39, 0.29) is 27.5 Å². The number of hydrogen-bond acceptors (Lipinski definition) is 5. The molecule has 0 saturated heterocycles. The molecule has 0 unspecified atom stereocenters. The van der Waals surface area contributed by atoms with Gasteiger partial charge in [-0.3, -0.25) is 10.1 Å². The summed E-state index contributed by atoms with van der Waals surface area (Å²) in [5.41, 5.74) is -0.253. The first-order valence-corrected chi connectivity index (χ1v) is 5.41. The summed E-state index contributed by atoms with van der Waals surface area (Å²) in [5, 5.41) is 11.3. The molecule has 0 spiro atoms. The van der Waals surface area contributed by atoms with Crippen LogP contribution in [0.1, 0.15) is 0 Å². The van der Waals surface area contributed by atoms with Gasteiger partial charge in [0, 0.05) is 17.2 Å². The molecule has 0 amide bonds. The lowest BCUT2D eigenvalue weighted by Gasteiger charge is -2.05. The Labute approximate surface area is 111 Å². The molecule has 2 rings (SSSR count). The lowest BCUT2D eigenvalue weighted by atomic mass is 10.3. The van der Waals surface area contributed by atoms with Gasteiger partial charge in [-0.05, 0) is 12.1 Å². The molecule has 1 aromatic heterocycles. The third kappa shape index (κ3) is 2.85. The van der Waals surface area contributed by atoms with Gasteiger partial charge in [0.1, 0.15) is 11.5 Å². The zero-order valence-corrected chi connectivity index (χ0v) is 10.2. The molecule has 0 N–H and O–H groups in total. The summed E-state index contributed by atoms with van der Waals surface area (Å²) in [5.74, 6) is 0.139. The first-order valence-electron chi connectivity index (χ1n) is 4.65. The normalized spacial score (nSPS) is 10.1. The zero-order valence-electron chi connectivity index (χ0n) is 8.71. The number of hydrogen-bond donors (Lipinski definition) is 0. The number of rotatable bonds is 3. The number of nitro groups is 1. The lowest BCUT2D eigenvalue weighted by molar-refractivity contribution is -0.385. The summed E-state index contributed by atoms with van der Waals surface area (Å²) in [6.07, 6.45) is 1.19. The number of aromatic nitrogens is 2. The fraction of sp³-hybridized carbons (Fsp3) is 0. The summed E-state index contributed by atoms with van der Waals surface area (Å²) in [6.45, 7) is 0. The maximum atomic E-state index is 10.8.